The summed E-state index contributed by atoms with van der Waals surface area (Å²) in [5.41, 5.74) is 1.61. The van der Waals surface area contributed by atoms with Crippen LogP contribution in [0.3, 0.4) is 0 Å². The van der Waals surface area contributed by atoms with Crippen LogP contribution in [0.5, 0.6) is 0 Å². The van der Waals surface area contributed by atoms with E-state index in [-0.39, 0.29) is 11.9 Å². The van der Waals surface area contributed by atoms with Crippen LogP contribution < -0.4 is 10.6 Å². The molecule has 0 spiro atoms. The molecule has 0 aliphatic carbocycles. The Morgan fingerprint density at radius 1 is 1.42 bits per heavy atom. The first-order valence-electron chi connectivity index (χ1n) is 6.24. The quantitative estimate of drug-likeness (QED) is 0.897. The summed E-state index contributed by atoms with van der Waals surface area (Å²) < 4.78 is 0. The second-order valence-corrected chi connectivity index (χ2v) is 5.25. The Bertz CT molecular complexity index is 563. The van der Waals surface area contributed by atoms with Crippen LogP contribution in [0.1, 0.15) is 12.8 Å². The van der Waals surface area contributed by atoms with Crippen molar-refractivity contribution in [2.24, 2.45) is 0 Å². The highest BCUT2D eigenvalue weighted by molar-refractivity contribution is 7.14. The van der Waals surface area contributed by atoms with E-state index in [1.54, 1.807) is 6.20 Å². The van der Waals surface area contributed by atoms with Crippen molar-refractivity contribution in [3.05, 3.63) is 29.8 Å². The Balaban J connectivity index is 1.70. The van der Waals surface area contributed by atoms with Gasteiger partial charge in [-0.2, -0.15) is 0 Å². The fourth-order valence-electron chi connectivity index (χ4n) is 2.06. The van der Waals surface area contributed by atoms with Crippen LogP contribution in [-0.2, 0) is 4.79 Å². The largest absolute Gasteiger partial charge is 0.306 e. The van der Waals surface area contributed by atoms with Crippen molar-refractivity contribution in [2.45, 2.75) is 18.9 Å². The average Bonchev–Trinajstić information content (AvgIpc) is 3.11. The fraction of sp³-hybridized carbons (Fsp3) is 0.308. The van der Waals surface area contributed by atoms with Crippen molar-refractivity contribution in [2.75, 3.05) is 11.9 Å². The maximum atomic E-state index is 11.9. The number of hydrogen-bond donors (Lipinski definition) is 2. The van der Waals surface area contributed by atoms with E-state index in [0.29, 0.717) is 5.13 Å². The molecule has 1 fully saturated rings. The van der Waals surface area contributed by atoms with Gasteiger partial charge in [0.1, 0.15) is 5.69 Å². The number of nitrogens with zero attached hydrogens (tertiary/aromatic N) is 2. The van der Waals surface area contributed by atoms with Crippen LogP contribution >= 0.6 is 11.3 Å². The number of thiazole rings is 1. The predicted octanol–water partition coefficient (Wildman–Crippen LogP) is 1.90. The van der Waals surface area contributed by atoms with Crippen molar-refractivity contribution in [1.82, 2.24) is 15.3 Å². The van der Waals surface area contributed by atoms with Crippen LogP contribution in [0.25, 0.3) is 11.4 Å². The Hall–Kier alpha value is -1.79. The molecule has 0 bridgehead atoms. The maximum absolute atomic E-state index is 11.9. The van der Waals surface area contributed by atoms with Gasteiger partial charge >= 0.3 is 0 Å². The molecule has 0 radical (unpaired) electrons. The zero-order chi connectivity index (χ0) is 13.1. The van der Waals surface area contributed by atoms with Gasteiger partial charge in [-0.1, -0.05) is 6.07 Å². The molecular formula is C13H14N4OS. The molecule has 98 valence electrons. The molecular weight excluding hydrogens is 260 g/mol. The highest BCUT2D eigenvalue weighted by Gasteiger charge is 2.22. The second kappa shape index (κ2) is 5.46. The molecule has 19 heavy (non-hydrogen) atoms. The van der Waals surface area contributed by atoms with Crippen molar-refractivity contribution in [1.29, 1.82) is 0 Å². The van der Waals surface area contributed by atoms with Gasteiger partial charge in [0, 0.05) is 11.6 Å². The number of hydrogen-bond acceptors (Lipinski definition) is 5. The number of aromatic nitrogens is 2. The highest BCUT2D eigenvalue weighted by Crippen LogP contribution is 2.23. The third-order valence-corrected chi connectivity index (χ3v) is 3.80. The van der Waals surface area contributed by atoms with E-state index >= 15 is 0 Å². The topological polar surface area (TPSA) is 66.9 Å². The molecule has 0 saturated carbocycles. The van der Waals surface area contributed by atoms with Gasteiger partial charge in [0.05, 0.1) is 11.7 Å². The normalized spacial score (nSPS) is 18.4. The first-order chi connectivity index (χ1) is 9.33. The SMILES string of the molecule is O=C(Nc1nc(-c2ccccn2)cs1)C1CCCN1. The van der Waals surface area contributed by atoms with Gasteiger partial charge in [-0.25, -0.2) is 4.98 Å². The lowest BCUT2D eigenvalue weighted by molar-refractivity contribution is -0.117. The Morgan fingerprint density at radius 2 is 2.37 bits per heavy atom. The summed E-state index contributed by atoms with van der Waals surface area (Å²) in [5.74, 6) is -0.000536. The van der Waals surface area contributed by atoms with Gasteiger partial charge < -0.3 is 10.6 Å². The van der Waals surface area contributed by atoms with E-state index in [4.69, 9.17) is 0 Å². The van der Waals surface area contributed by atoms with Gasteiger partial charge in [0.2, 0.25) is 5.91 Å². The molecule has 1 atom stereocenters. The van der Waals surface area contributed by atoms with E-state index in [1.807, 2.05) is 23.6 Å². The van der Waals surface area contributed by atoms with Crippen molar-refractivity contribution >= 4 is 22.4 Å². The van der Waals surface area contributed by atoms with Crippen molar-refractivity contribution in [3.63, 3.8) is 0 Å². The van der Waals surface area contributed by atoms with E-state index in [0.717, 1.165) is 30.8 Å². The molecule has 2 aromatic rings. The third-order valence-electron chi connectivity index (χ3n) is 3.04. The molecule has 3 rings (SSSR count). The molecule has 1 aliphatic heterocycles. The number of pyridine rings is 1. The summed E-state index contributed by atoms with van der Waals surface area (Å²) in [6, 6.07) is 5.61. The molecule has 1 saturated heterocycles. The van der Waals surface area contributed by atoms with Crippen molar-refractivity contribution in [3.8, 4) is 11.4 Å². The van der Waals surface area contributed by atoms with Gasteiger partial charge in [0.25, 0.3) is 0 Å². The maximum Gasteiger partial charge on any atom is 0.243 e. The molecule has 0 aromatic carbocycles. The lowest BCUT2D eigenvalue weighted by Crippen LogP contribution is -2.35. The van der Waals surface area contributed by atoms with Crippen LogP contribution in [0.4, 0.5) is 5.13 Å². The number of nitrogens with one attached hydrogen (secondary N) is 2. The lowest BCUT2D eigenvalue weighted by atomic mass is 10.2. The van der Waals surface area contributed by atoms with Crippen LogP contribution in [0.2, 0.25) is 0 Å². The monoisotopic (exact) mass is 274 g/mol. The summed E-state index contributed by atoms with van der Waals surface area (Å²) in [6.45, 7) is 0.912. The standard InChI is InChI=1S/C13H14N4OS/c18-12(10-5-3-7-15-10)17-13-16-11(8-19-13)9-4-1-2-6-14-9/h1-2,4,6,8,10,15H,3,5,7H2,(H,16,17,18). The Morgan fingerprint density at radius 3 is 3.11 bits per heavy atom. The molecule has 1 amide bonds. The van der Waals surface area contributed by atoms with E-state index in [9.17, 15) is 4.79 Å². The molecule has 3 heterocycles. The summed E-state index contributed by atoms with van der Waals surface area (Å²) in [7, 11) is 0. The Kier molecular flexibility index (Phi) is 3.52. The average molecular weight is 274 g/mol. The number of anilines is 1. The van der Waals surface area contributed by atoms with E-state index in [1.165, 1.54) is 11.3 Å². The minimum absolute atomic E-state index is 0.000536. The van der Waals surface area contributed by atoms with Crippen molar-refractivity contribution < 1.29 is 4.79 Å². The number of carbonyl (C=O) groups is 1. The first-order valence-corrected chi connectivity index (χ1v) is 7.12. The summed E-state index contributed by atoms with van der Waals surface area (Å²) in [6.07, 6.45) is 3.68. The van der Waals surface area contributed by atoms with E-state index < -0.39 is 0 Å². The zero-order valence-electron chi connectivity index (χ0n) is 10.3. The summed E-state index contributed by atoms with van der Waals surface area (Å²) >= 11 is 1.42. The van der Waals surface area contributed by atoms with Gasteiger partial charge in [-0.05, 0) is 31.5 Å². The summed E-state index contributed by atoms with van der Waals surface area (Å²) in [5, 5.41) is 8.55. The van der Waals surface area contributed by atoms with Gasteiger partial charge in [-0.15, -0.1) is 11.3 Å². The first kappa shape index (κ1) is 12.3. The van der Waals surface area contributed by atoms with Crippen LogP contribution in [0.15, 0.2) is 29.8 Å². The van der Waals surface area contributed by atoms with Gasteiger partial charge in [0.15, 0.2) is 5.13 Å². The minimum Gasteiger partial charge on any atom is -0.306 e. The molecule has 2 aromatic heterocycles. The summed E-state index contributed by atoms with van der Waals surface area (Å²) in [4.78, 5) is 20.6. The predicted molar refractivity (Wildman–Crippen MR) is 75.0 cm³/mol. The fourth-order valence-corrected chi connectivity index (χ4v) is 2.77. The third kappa shape index (κ3) is 2.80. The number of carbonyl (C=O) groups excluding carboxylic acids is 1. The van der Waals surface area contributed by atoms with E-state index in [2.05, 4.69) is 20.6 Å². The second-order valence-electron chi connectivity index (χ2n) is 4.39. The van der Waals surface area contributed by atoms with Crippen LogP contribution in [0, 0.1) is 0 Å². The molecule has 1 unspecified atom stereocenters. The molecule has 2 N–H and O–H groups in total. The molecule has 6 heteroatoms. The highest BCUT2D eigenvalue weighted by atomic mass is 32.1. The molecule has 5 nitrogen and oxygen atoms in total. The smallest absolute Gasteiger partial charge is 0.243 e. The molecule has 1 aliphatic rings. The number of amides is 1. The zero-order valence-corrected chi connectivity index (χ0v) is 11.1. The van der Waals surface area contributed by atoms with Crippen LogP contribution in [-0.4, -0.2) is 28.5 Å². The Labute approximate surface area is 115 Å². The number of rotatable bonds is 3. The van der Waals surface area contributed by atoms with Gasteiger partial charge in [-0.3, -0.25) is 9.78 Å². The minimum atomic E-state index is -0.0813. The lowest BCUT2D eigenvalue weighted by Gasteiger charge is -2.08.